The average molecular weight is 393 g/mol. The van der Waals surface area contributed by atoms with Gasteiger partial charge in [0.2, 0.25) is 0 Å². The van der Waals surface area contributed by atoms with Gasteiger partial charge >= 0.3 is 5.97 Å². The van der Waals surface area contributed by atoms with Gasteiger partial charge in [-0.1, -0.05) is 39.0 Å². The Kier molecular flexibility index (Phi) is 4.33. The summed E-state index contributed by atoms with van der Waals surface area (Å²) in [4.78, 5) is 24.1. The number of methoxy groups -OCH3 is 1. The summed E-state index contributed by atoms with van der Waals surface area (Å²) in [5, 5.41) is 14.1. The highest BCUT2D eigenvalue weighted by atomic mass is 16.5. The van der Waals surface area contributed by atoms with E-state index in [1.54, 1.807) is 13.3 Å². The maximum absolute atomic E-state index is 12.5. The van der Waals surface area contributed by atoms with Gasteiger partial charge in [-0.2, -0.15) is 5.10 Å². The summed E-state index contributed by atoms with van der Waals surface area (Å²) < 4.78 is 9.33. The van der Waals surface area contributed by atoms with Crippen LogP contribution in [0.15, 0.2) is 47.5 Å². The van der Waals surface area contributed by atoms with Crippen molar-refractivity contribution in [1.82, 2.24) is 14.3 Å². The molecular weight excluding hydrogens is 370 g/mol. The largest absolute Gasteiger partial charge is 0.496 e. The van der Waals surface area contributed by atoms with E-state index < -0.39 is 11.4 Å². The minimum atomic E-state index is -1.22. The lowest BCUT2D eigenvalue weighted by Crippen LogP contribution is -2.35. The lowest BCUT2D eigenvalue weighted by Gasteiger charge is -2.38. The predicted molar refractivity (Wildman–Crippen MR) is 109 cm³/mol. The molecule has 0 radical (unpaired) electrons. The van der Waals surface area contributed by atoms with E-state index in [4.69, 9.17) is 4.74 Å². The first kappa shape index (κ1) is 19.0. The van der Waals surface area contributed by atoms with Crippen molar-refractivity contribution in [2.24, 2.45) is 5.41 Å². The van der Waals surface area contributed by atoms with Crippen LogP contribution in [0.4, 0.5) is 0 Å². The highest BCUT2D eigenvalue weighted by molar-refractivity contribution is 5.88. The van der Waals surface area contributed by atoms with E-state index in [0.29, 0.717) is 18.0 Å². The molecule has 29 heavy (non-hydrogen) atoms. The van der Waals surface area contributed by atoms with E-state index in [-0.39, 0.29) is 17.0 Å². The summed E-state index contributed by atoms with van der Waals surface area (Å²) in [6, 6.07) is 8.98. The summed E-state index contributed by atoms with van der Waals surface area (Å²) in [7, 11) is 1.61. The first-order valence-electron chi connectivity index (χ1n) is 9.41. The molecule has 0 unspecified atom stereocenters. The van der Waals surface area contributed by atoms with Crippen molar-refractivity contribution in [3.8, 4) is 28.3 Å². The van der Waals surface area contributed by atoms with Gasteiger partial charge < -0.3 is 14.4 Å². The van der Waals surface area contributed by atoms with Crippen LogP contribution in [-0.4, -0.2) is 32.5 Å². The molecule has 0 bridgehead atoms. The van der Waals surface area contributed by atoms with Gasteiger partial charge in [0.1, 0.15) is 11.3 Å². The van der Waals surface area contributed by atoms with Gasteiger partial charge in [-0.25, -0.2) is 4.79 Å². The Labute approximate surface area is 168 Å². The predicted octanol–water partition coefficient (Wildman–Crippen LogP) is 3.69. The van der Waals surface area contributed by atoms with Gasteiger partial charge in [0.25, 0.3) is 0 Å². The lowest BCUT2D eigenvalue weighted by atomic mass is 9.84. The molecule has 0 saturated heterocycles. The number of fused-ring (bicyclic) bond motifs is 3. The third-order valence-corrected chi connectivity index (χ3v) is 5.47. The number of aromatic carboxylic acids is 1. The molecule has 1 N–H and O–H groups in total. The average Bonchev–Trinajstić information content (AvgIpc) is 3.10. The molecule has 0 aliphatic carbocycles. The van der Waals surface area contributed by atoms with E-state index in [2.05, 4.69) is 25.9 Å². The Morgan fingerprint density at radius 3 is 2.62 bits per heavy atom. The van der Waals surface area contributed by atoms with E-state index in [1.165, 1.54) is 12.3 Å². The van der Waals surface area contributed by atoms with Crippen molar-refractivity contribution in [2.75, 3.05) is 7.11 Å². The van der Waals surface area contributed by atoms with Crippen LogP contribution in [0.25, 0.3) is 22.5 Å². The number of carboxylic acid groups (broad SMARTS) is 1. The van der Waals surface area contributed by atoms with Gasteiger partial charge in [0.05, 0.1) is 37.3 Å². The second-order valence-corrected chi connectivity index (χ2v) is 8.32. The highest BCUT2D eigenvalue weighted by Crippen LogP contribution is 2.44. The molecule has 3 heterocycles. The number of hydrogen-bond acceptors (Lipinski definition) is 4. The summed E-state index contributed by atoms with van der Waals surface area (Å²) in [6.45, 7) is 6.85. The van der Waals surface area contributed by atoms with Crippen LogP contribution in [0, 0.1) is 5.41 Å². The Balaban J connectivity index is 2.02. The summed E-state index contributed by atoms with van der Waals surface area (Å²) in [5.74, 6) is -0.515. The number of carboxylic acids is 1. The third-order valence-electron chi connectivity index (χ3n) is 5.47. The minimum Gasteiger partial charge on any atom is -0.496 e. The lowest BCUT2D eigenvalue weighted by molar-refractivity contribution is 0.0693. The molecule has 0 saturated carbocycles. The Bertz CT molecular complexity index is 1170. The van der Waals surface area contributed by atoms with Crippen LogP contribution in [0.1, 0.15) is 37.2 Å². The van der Waals surface area contributed by atoms with E-state index >= 15 is 0 Å². The van der Waals surface area contributed by atoms with Gasteiger partial charge in [-0.05, 0) is 11.5 Å². The molecular formula is C22H23N3O4. The van der Waals surface area contributed by atoms with Gasteiger partial charge in [0, 0.05) is 23.4 Å². The normalized spacial score (nSPS) is 15.5. The van der Waals surface area contributed by atoms with E-state index in [9.17, 15) is 14.7 Å². The quantitative estimate of drug-likeness (QED) is 0.733. The summed E-state index contributed by atoms with van der Waals surface area (Å²) in [6.07, 6.45) is 3.25. The third kappa shape index (κ3) is 3.03. The van der Waals surface area contributed by atoms with Crippen molar-refractivity contribution in [3.63, 3.8) is 0 Å². The molecule has 1 aliphatic rings. The summed E-state index contributed by atoms with van der Waals surface area (Å²) >= 11 is 0. The van der Waals surface area contributed by atoms with Crippen LogP contribution >= 0.6 is 0 Å². The molecule has 7 heteroatoms. The topological polar surface area (TPSA) is 86.3 Å². The minimum absolute atomic E-state index is 0.0610. The molecule has 1 aromatic carbocycles. The number of hydrogen-bond donors (Lipinski definition) is 1. The zero-order chi connectivity index (χ0) is 20.9. The summed E-state index contributed by atoms with van der Waals surface area (Å²) in [5.41, 5.74) is 2.23. The van der Waals surface area contributed by atoms with Crippen molar-refractivity contribution < 1.29 is 14.6 Å². The Morgan fingerprint density at radius 1 is 1.24 bits per heavy atom. The van der Waals surface area contributed by atoms with Gasteiger partial charge in [-0.3, -0.25) is 9.48 Å². The van der Waals surface area contributed by atoms with Crippen molar-refractivity contribution >= 4 is 5.97 Å². The molecule has 0 fully saturated rings. The fraction of sp³-hybridized carbons (Fsp3) is 0.318. The maximum Gasteiger partial charge on any atom is 0.341 e. The number of ether oxygens (including phenoxy) is 1. The van der Waals surface area contributed by atoms with Crippen molar-refractivity contribution in [3.05, 3.63) is 58.5 Å². The number of aromatic nitrogens is 3. The Hall–Kier alpha value is -3.35. The maximum atomic E-state index is 12.5. The van der Waals surface area contributed by atoms with Gasteiger partial charge in [0.15, 0.2) is 5.43 Å². The zero-order valence-electron chi connectivity index (χ0n) is 16.8. The molecule has 7 nitrogen and oxygen atoms in total. The van der Waals surface area contributed by atoms with Crippen LogP contribution in [0.2, 0.25) is 0 Å². The van der Waals surface area contributed by atoms with Crippen LogP contribution in [0.3, 0.4) is 0 Å². The van der Waals surface area contributed by atoms with Gasteiger partial charge in [-0.15, -0.1) is 0 Å². The second-order valence-electron chi connectivity index (χ2n) is 8.32. The van der Waals surface area contributed by atoms with E-state index in [0.717, 1.165) is 16.8 Å². The highest BCUT2D eigenvalue weighted by Gasteiger charge is 2.35. The number of rotatable bonds is 3. The number of para-hydroxylation sites is 1. The second kappa shape index (κ2) is 6.62. The van der Waals surface area contributed by atoms with E-state index in [1.807, 2.05) is 33.5 Å². The molecule has 0 spiro atoms. The molecule has 2 aromatic heterocycles. The first-order valence-corrected chi connectivity index (χ1v) is 9.41. The van der Waals surface area contributed by atoms with Crippen LogP contribution in [-0.2, 0) is 6.54 Å². The fourth-order valence-corrected chi connectivity index (χ4v) is 3.96. The van der Waals surface area contributed by atoms with Crippen LogP contribution < -0.4 is 10.2 Å². The molecule has 3 aromatic rings. The molecule has 0 amide bonds. The SMILES string of the molecule is COc1ccccc1-c1cnn2c1-c1cc(=O)c(C(=O)O)cn1[C@H](C(C)(C)C)C2. The molecule has 1 aliphatic heterocycles. The standard InChI is InChI=1S/C22H23N3O4/c1-22(2,3)19-12-25-20(16-9-17(26)15(21(27)28)11-24(16)19)14(10-23-25)13-7-5-6-8-18(13)29-4/h5-11,19H,12H2,1-4H3,(H,27,28)/t19-/m0/s1. The van der Waals surface area contributed by atoms with Crippen LogP contribution in [0.5, 0.6) is 5.75 Å². The number of benzene rings is 1. The van der Waals surface area contributed by atoms with Crippen molar-refractivity contribution in [2.45, 2.75) is 33.4 Å². The fourth-order valence-electron chi connectivity index (χ4n) is 3.96. The first-order chi connectivity index (χ1) is 13.7. The smallest absolute Gasteiger partial charge is 0.341 e. The molecule has 4 rings (SSSR count). The monoisotopic (exact) mass is 393 g/mol. The number of carbonyl (C=O) groups is 1. The Morgan fingerprint density at radius 2 is 1.97 bits per heavy atom. The zero-order valence-corrected chi connectivity index (χ0v) is 16.8. The molecule has 1 atom stereocenters. The molecule has 150 valence electrons. The van der Waals surface area contributed by atoms with Crippen molar-refractivity contribution in [1.29, 1.82) is 0 Å². The number of pyridine rings is 1. The number of nitrogens with zero attached hydrogens (tertiary/aromatic N) is 3.